The van der Waals surface area contributed by atoms with Gasteiger partial charge < -0.3 is 5.32 Å². The number of rotatable bonds is 5. The van der Waals surface area contributed by atoms with Gasteiger partial charge in [-0.3, -0.25) is 9.69 Å². The minimum Gasteiger partial charge on any atom is -0.326 e. The highest BCUT2D eigenvalue weighted by Crippen LogP contribution is 2.49. The van der Waals surface area contributed by atoms with E-state index in [4.69, 9.17) is 5.26 Å². The number of hydrogen-bond donors (Lipinski definition) is 1. The van der Waals surface area contributed by atoms with Crippen molar-refractivity contribution in [3.63, 3.8) is 0 Å². The molecule has 0 aromatic carbocycles. The topological polar surface area (TPSA) is 73.2 Å². The van der Waals surface area contributed by atoms with Gasteiger partial charge in [0.25, 0.3) is 5.91 Å². The van der Waals surface area contributed by atoms with Crippen LogP contribution in [0, 0.1) is 16.7 Å². The van der Waals surface area contributed by atoms with Gasteiger partial charge in [-0.05, 0) is 19.3 Å². The highest BCUT2D eigenvalue weighted by molar-refractivity contribution is 6.04. The van der Waals surface area contributed by atoms with Gasteiger partial charge in [0.1, 0.15) is 6.04 Å². The Morgan fingerprint density at radius 1 is 1.53 bits per heavy atom. The van der Waals surface area contributed by atoms with Crippen molar-refractivity contribution in [1.82, 2.24) is 10.2 Å². The molecular weight excluding hydrogens is 218 g/mol. The molecular formula is C12H17N3O2. The lowest BCUT2D eigenvalue weighted by Crippen LogP contribution is -2.36. The summed E-state index contributed by atoms with van der Waals surface area (Å²) in [7, 11) is 0. The molecule has 0 aromatic heterocycles. The maximum absolute atomic E-state index is 12.0. The molecule has 17 heavy (non-hydrogen) atoms. The van der Waals surface area contributed by atoms with Crippen molar-refractivity contribution in [1.29, 1.82) is 5.26 Å². The molecule has 5 nitrogen and oxygen atoms in total. The Labute approximate surface area is 101 Å². The third-order valence-electron chi connectivity index (χ3n) is 3.59. The lowest BCUT2D eigenvalue weighted by atomic mass is 10.0. The molecule has 0 radical (unpaired) electrons. The molecule has 2 aliphatic rings. The molecule has 1 N–H and O–H groups in total. The van der Waals surface area contributed by atoms with Crippen LogP contribution < -0.4 is 5.32 Å². The molecule has 2 rings (SSSR count). The third kappa shape index (κ3) is 2.26. The van der Waals surface area contributed by atoms with E-state index in [9.17, 15) is 9.59 Å². The first-order chi connectivity index (χ1) is 8.12. The molecule has 1 saturated carbocycles. The van der Waals surface area contributed by atoms with Crippen LogP contribution in [0.5, 0.6) is 0 Å². The average molecular weight is 235 g/mol. The summed E-state index contributed by atoms with van der Waals surface area (Å²) in [6.45, 7) is 2.39. The van der Waals surface area contributed by atoms with Gasteiger partial charge in [-0.15, -0.1) is 0 Å². The van der Waals surface area contributed by atoms with Crippen molar-refractivity contribution in [3.8, 4) is 6.07 Å². The van der Waals surface area contributed by atoms with Gasteiger partial charge in [0.05, 0.1) is 6.07 Å². The van der Waals surface area contributed by atoms with Crippen LogP contribution in [0.4, 0.5) is 4.79 Å². The summed E-state index contributed by atoms with van der Waals surface area (Å²) in [4.78, 5) is 25.0. The standard InChI is InChI=1S/C12H17N3O2/c1-2-3-9-10(16)15(11(17)14-9)8-12(4-5-12)6-7-13/h9H,2-6,8H2,1H3,(H,14,17). The number of nitrogens with one attached hydrogen (secondary N) is 1. The summed E-state index contributed by atoms with van der Waals surface area (Å²) in [6, 6.07) is 1.49. The molecule has 2 fully saturated rings. The molecule has 0 bridgehead atoms. The normalized spacial score (nSPS) is 25.6. The Balaban J connectivity index is 2.00. The fourth-order valence-electron chi connectivity index (χ4n) is 2.28. The largest absolute Gasteiger partial charge is 0.326 e. The van der Waals surface area contributed by atoms with Crippen molar-refractivity contribution < 1.29 is 9.59 Å². The second-order valence-electron chi connectivity index (χ2n) is 5.05. The van der Waals surface area contributed by atoms with Gasteiger partial charge in [0.15, 0.2) is 0 Å². The van der Waals surface area contributed by atoms with E-state index in [0.717, 1.165) is 19.3 Å². The number of nitrogens with zero attached hydrogens (tertiary/aromatic N) is 2. The number of amides is 3. The summed E-state index contributed by atoms with van der Waals surface area (Å²) in [6.07, 6.45) is 3.87. The summed E-state index contributed by atoms with van der Waals surface area (Å²) in [5, 5.41) is 11.4. The van der Waals surface area contributed by atoms with Crippen molar-refractivity contribution >= 4 is 11.9 Å². The molecule has 1 saturated heterocycles. The zero-order chi connectivity index (χ0) is 12.5. The van der Waals surface area contributed by atoms with E-state index in [0.29, 0.717) is 19.4 Å². The quantitative estimate of drug-likeness (QED) is 0.732. The first-order valence-corrected chi connectivity index (χ1v) is 6.11. The first kappa shape index (κ1) is 11.9. The second kappa shape index (κ2) is 4.36. The number of imide groups is 1. The number of nitriles is 1. The Morgan fingerprint density at radius 2 is 2.24 bits per heavy atom. The van der Waals surface area contributed by atoms with Crippen molar-refractivity contribution in [2.24, 2.45) is 5.41 Å². The molecule has 1 aliphatic heterocycles. The maximum atomic E-state index is 12.0. The van der Waals surface area contributed by atoms with E-state index in [1.807, 2.05) is 6.92 Å². The number of carbonyl (C=O) groups is 2. The molecule has 1 aliphatic carbocycles. The van der Waals surface area contributed by atoms with Crippen LogP contribution in [-0.2, 0) is 4.79 Å². The van der Waals surface area contributed by atoms with Crippen LogP contribution in [0.3, 0.4) is 0 Å². The predicted molar refractivity (Wildman–Crippen MR) is 60.8 cm³/mol. The van der Waals surface area contributed by atoms with Gasteiger partial charge >= 0.3 is 6.03 Å². The van der Waals surface area contributed by atoms with Gasteiger partial charge in [-0.1, -0.05) is 13.3 Å². The zero-order valence-corrected chi connectivity index (χ0v) is 10.0. The fourth-order valence-corrected chi connectivity index (χ4v) is 2.28. The van der Waals surface area contributed by atoms with Crippen molar-refractivity contribution in [2.75, 3.05) is 6.54 Å². The lowest BCUT2D eigenvalue weighted by Gasteiger charge is -2.18. The second-order valence-corrected chi connectivity index (χ2v) is 5.05. The molecule has 92 valence electrons. The number of hydrogen-bond acceptors (Lipinski definition) is 3. The maximum Gasteiger partial charge on any atom is 0.324 e. The van der Waals surface area contributed by atoms with Gasteiger partial charge in [-0.2, -0.15) is 5.26 Å². The highest BCUT2D eigenvalue weighted by atomic mass is 16.2. The Morgan fingerprint density at radius 3 is 2.76 bits per heavy atom. The first-order valence-electron chi connectivity index (χ1n) is 6.11. The SMILES string of the molecule is CCCC1NC(=O)N(CC2(CC#N)CC2)C1=O. The third-order valence-corrected chi connectivity index (χ3v) is 3.59. The molecule has 3 amide bonds. The molecule has 0 aromatic rings. The Bertz CT molecular complexity index is 382. The lowest BCUT2D eigenvalue weighted by molar-refractivity contribution is -0.128. The number of carbonyl (C=O) groups excluding carboxylic acids is 2. The highest BCUT2D eigenvalue weighted by Gasteiger charge is 2.48. The van der Waals surface area contributed by atoms with Crippen LogP contribution in [-0.4, -0.2) is 29.4 Å². The zero-order valence-electron chi connectivity index (χ0n) is 10.0. The molecule has 1 heterocycles. The van der Waals surface area contributed by atoms with E-state index in [1.54, 1.807) is 0 Å². The minimum atomic E-state index is -0.356. The Hall–Kier alpha value is -1.57. The van der Waals surface area contributed by atoms with E-state index >= 15 is 0 Å². The van der Waals surface area contributed by atoms with Crippen molar-refractivity contribution in [2.45, 2.75) is 45.1 Å². The molecule has 0 spiro atoms. The van der Waals surface area contributed by atoms with E-state index in [2.05, 4.69) is 11.4 Å². The van der Waals surface area contributed by atoms with Crippen molar-refractivity contribution in [3.05, 3.63) is 0 Å². The van der Waals surface area contributed by atoms with Crippen LogP contribution >= 0.6 is 0 Å². The average Bonchev–Trinajstić information content (AvgIpc) is 2.99. The molecule has 1 unspecified atom stereocenters. The van der Waals surface area contributed by atoms with Crippen LogP contribution in [0.25, 0.3) is 0 Å². The number of urea groups is 1. The van der Waals surface area contributed by atoms with E-state index < -0.39 is 0 Å². The summed E-state index contributed by atoms with van der Waals surface area (Å²) >= 11 is 0. The molecule has 5 heteroatoms. The van der Waals surface area contributed by atoms with Crippen LogP contribution in [0.2, 0.25) is 0 Å². The van der Waals surface area contributed by atoms with Gasteiger partial charge in [-0.25, -0.2) is 4.79 Å². The smallest absolute Gasteiger partial charge is 0.324 e. The fraction of sp³-hybridized carbons (Fsp3) is 0.750. The van der Waals surface area contributed by atoms with Crippen LogP contribution in [0.15, 0.2) is 0 Å². The van der Waals surface area contributed by atoms with E-state index in [1.165, 1.54) is 4.90 Å². The monoisotopic (exact) mass is 235 g/mol. The van der Waals surface area contributed by atoms with Crippen LogP contribution in [0.1, 0.15) is 39.0 Å². The molecule has 1 atom stereocenters. The summed E-state index contributed by atoms with van der Waals surface area (Å²) in [5.74, 6) is -0.124. The predicted octanol–water partition coefficient (Wildman–Crippen LogP) is 1.40. The summed E-state index contributed by atoms with van der Waals surface area (Å²) in [5.41, 5.74) is -0.108. The summed E-state index contributed by atoms with van der Waals surface area (Å²) < 4.78 is 0. The van der Waals surface area contributed by atoms with Gasteiger partial charge in [0.2, 0.25) is 0 Å². The van der Waals surface area contributed by atoms with Gasteiger partial charge in [0, 0.05) is 18.4 Å². The Kier molecular flexibility index (Phi) is 3.05. The van der Waals surface area contributed by atoms with E-state index in [-0.39, 0.29) is 23.4 Å². The minimum absolute atomic E-state index is 0.108.